The van der Waals surface area contributed by atoms with Crippen molar-refractivity contribution < 1.29 is 45.8 Å². The lowest BCUT2D eigenvalue weighted by Crippen LogP contribution is -2.57. The number of ether oxygens (including phenoxy) is 1. The molecule has 48 heavy (non-hydrogen) atoms. The van der Waals surface area contributed by atoms with Crippen molar-refractivity contribution >= 4 is 29.6 Å². The number of aryl methyl sites for hydroxylation is 1. The molecule has 0 unspecified atom stereocenters. The van der Waals surface area contributed by atoms with Crippen LogP contribution in [0.3, 0.4) is 0 Å². The van der Waals surface area contributed by atoms with E-state index in [-0.39, 0.29) is 23.8 Å². The molecule has 0 spiro atoms. The number of carboxylic acids is 1. The molecule has 2 aromatic carbocycles. The molecule has 2 aliphatic heterocycles. The van der Waals surface area contributed by atoms with Gasteiger partial charge in [0.1, 0.15) is 11.9 Å². The average Bonchev–Trinajstić information content (AvgIpc) is 3.28. The van der Waals surface area contributed by atoms with Crippen molar-refractivity contribution in [3.05, 3.63) is 75.8 Å². The van der Waals surface area contributed by atoms with Gasteiger partial charge in [0.15, 0.2) is 0 Å². The lowest BCUT2D eigenvalue weighted by molar-refractivity contribution is -0.142. The number of halogens is 7. The first-order valence-corrected chi connectivity index (χ1v) is 15.8. The van der Waals surface area contributed by atoms with E-state index in [0.29, 0.717) is 47.9 Å². The van der Waals surface area contributed by atoms with Crippen LogP contribution in [0.4, 0.5) is 37.1 Å². The Morgan fingerprint density at radius 3 is 2.52 bits per heavy atom. The summed E-state index contributed by atoms with van der Waals surface area (Å²) in [5.74, 6) is -5.38. The Bertz CT molecular complexity index is 1680. The largest absolute Gasteiger partial charge is 0.481 e. The number of carbonyl (C=O) groups is 2. The van der Waals surface area contributed by atoms with Crippen LogP contribution in [-0.2, 0) is 28.7 Å². The van der Waals surface area contributed by atoms with E-state index in [4.69, 9.17) is 16.3 Å². The van der Waals surface area contributed by atoms with Crippen LogP contribution in [0.1, 0.15) is 68.0 Å². The number of carbonyl (C=O) groups excluding carboxylic acids is 1. The minimum atomic E-state index is -4.83. The number of aromatic nitrogens is 2. The summed E-state index contributed by atoms with van der Waals surface area (Å²) in [5.41, 5.74) is 0.491. The molecule has 15 heteroatoms. The number of alkyl halides is 5. The molecule has 3 atom stereocenters. The maximum atomic E-state index is 14.2. The van der Waals surface area contributed by atoms with Gasteiger partial charge in [0.25, 0.3) is 5.92 Å². The normalized spacial score (nSPS) is 19.6. The lowest BCUT2D eigenvalue weighted by atomic mass is 9.94. The highest BCUT2D eigenvalue weighted by atomic mass is 35.5. The van der Waals surface area contributed by atoms with Crippen molar-refractivity contribution in [1.82, 2.24) is 14.9 Å². The highest BCUT2D eigenvalue weighted by Gasteiger charge is 2.46. The fourth-order valence-corrected chi connectivity index (χ4v) is 6.27. The van der Waals surface area contributed by atoms with Crippen molar-refractivity contribution in [2.24, 2.45) is 5.92 Å². The summed E-state index contributed by atoms with van der Waals surface area (Å²) >= 11 is 6.62. The quantitative estimate of drug-likeness (QED) is 0.190. The second-order valence-electron chi connectivity index (χ2n) is 12.2. The second-order valence-corrected chi connectivity index (χ2v) is 12.6. The van der Waals surface area contributed by atoms with Crippen LogP contribution in [-0.4, -0.2) is 57.1 Å². The van der Waals surface area contributed by atoms with Crippen LogP contribution in [0.5, 0.6) is 0 Å². The number of aliphatic carboxylic acids is 1. The van der Waals surface area contributed by atoms with Gasteiger partial charge in [-0.15, -0.1) is 0 Å². The van der Waals surface area contributed by atoms with Gasteiger partial charge in [0, 0.05) is 22.3 Å². The van der Waals surface area contributed by atoms with Gasteiger partial charge in [0.05, 0.1) is 42.9 Å². The van der Waals surface area contributed by atoms with E-state index in [1.54, 1.807) is 18.2 Å². The van der Waals surface area contributed by atoms with Gasteiger partial charge < -0.3 is 14.7 Å². The van der Waals surface area contributed by atoms with Gasteiger partial charge in [-0.3, -0.25) is 9.69 Å². The number of nitrogens with zero attached hydrogens (tertiary/aromatic N) is 4. The summed E-state index contributed by atoms with van der Waals surface area (Å²) in [6.45, 7) is 1.98. The Kier molecular flexibility index (Phi) is 10.1. The van der Waals surface area contributed by atoms with Gasteiger partial charge in [0.2, 0.25) is 5.95 Å². The summed E-state index contributed by atoms with van der Waals surface area (Å²) in [6.07, 6.45) is -2.63. The Balaban J connectivity index is 1.45. The number of rotatable bonds is 12. The Morgan fingerprint density at radius 2 is 1.88 bits per heavy atom. The number of cyclic esters (lactones) is 1. The highest BCUT2D eigenvalue weighted by Crippen LogP contribution is 2.40. The fraction of sp³-hybridized carbons (Fsp3) is 0.455. The summed E-state index contributed by atoms with van der Waals surface area (Å²) < 4.78 is 87.3. The van der Waals surface area contributed by atoms with Crippen molar-refractivity contribution in [2.45, 2.75) is 76.7 Å². The zero-order chi connectivity index (χ0) is 35.0. The van der Waals surface area contributed by atoms with Crippen molar-refractivity contribution in [3.63, 3.8) is 0 Å². The van der Waals surface area contributed by atoms with E-state index < -0.39 is 66.7 Å². The third-order valence-corrected chi connectivity index (χ3v) is 8.93. The van der Waals surface area contributed by atoms with Crippen LogP contribution >= 0.6 is 11.6 Å². The first-order valence-electron chi connectivity index (χ1n) is 15.4. The van der Waals surface area contributed by atoms with E-state index in [1.807, 2.05) is 6.92 Å². The minimum absolute atomic E-state index is 0.0145. The molecule has 2 aliphatic rings. The van der Waals surface area contributed by atoms with Crippen LogP contribution in [0, 0.1) is 11.7 Å². The molecule has 5 rings (SSSR count). The molecule has 258 valence electrons. The van der Waals surface area contributed by atoms with E-state index in [0.717, 1.165) is 24.1 Å². The van der Waals surface area contributed by atoms with Crippen LogP contribution < -0.4 is 4.90 Å². The Labute approximate surface area is 277 Å². The maximum absolute atomic E-state index is 14.2. The Hall–Kier alpha value is -4.07. The Morgan fingerprint density at radius 1 is 1.15 bits per heavy atom. The summed E-state index contributed by atoms with van der Waals surface area (Å²) in [7, 11) is 0. The van der Waals surface area contributed by atoms with E-state index >= 15 is 0 Å². The van der Waals surface area contributed by atoms with Gasteiger partial charge in [-0.05, 0) is 74.1 Å². The SMILES string of the molecule is CCC[C@H](CCCc1ccc(Cl)c(-c2cnc(N3CC(F)(F)C3)nc2CN2C(=O)O[C@H](c3cc(F)cc(C(F)(F)F)c3)[C@@H]2C)c1)C(=O)O. The molecule has 1 N–H and O–H groups in total. The van der Waals surface area contributed by atoms with Crippen LogP contribution in [0.2, 0.25) is 5.02 Å². The van der Waals surface area contributed by atoms with Gasteiger partial charge in [-0.25, -0.2) is 27.9 Å². The number of carboxylic acid groups (broad SMARTS) is 1. The highest BCUT2D eigenvalue weighted by molar-refractivity contribution is 6.33. The molecule has 2 saturated heterocycles. The zero-order valence-electron chi connectivity index (χ0n) is 26.0. The average molecular weight is 699 g/mol. The molecule has 3 aromatic rings. The summed E-state index contributed by atoms with van der Waals surface area (Å²) in [4.78, 5) is 36.0. The summed E-state index contributed by atoms with van der Waals surface area (Å²) in [6, 6.07) is 6.32. The van der Waals surface area contributed by atoms with Crippen molar-refractivity contribution in [3.8, 4) is 11.1 Å². The number of hydrogen-bond donors (Lipinski definition) is 1. The zero-order valence-corrected chi connectivity index (χ0v) is 26.8. The second kappa shape index (κ2) is 13.8. The predicted octanol–water partition coefficient (Wildman–Crippen LogP) is 8.32. The third kappa shape index (κ3) is 7.79. The number of benzene rings is 2. The minimum Gasteiger partial charge on any atom is -0.481 e. The van der Waals surface area contributed by atoms with Crippen molar-refractivity contribution in [2.75, 3.05) is 18.0 Å². The van der Waals surface area contributed by atoms with Gasteiger partial charge in [-0.2, -0.15) is 13.2 Å². The molecule has 0 radical (unpaired) electrons. The lowest BCUT2D eigenvalue weighted by Gasteiger charge is -2.38. The predicted molar refractivity (Wildman–Crippen MR) is 164 cm³/mol. The smallest absolute Gasteiger partial charge is 0.416 e. The number of anilines is 1. The molecular formula is C33H33ClF6N4O4. The molecular weight excluding hydrogens is 666 g/mol. The van der Waals surface area contributed by atoms with Gasteiger partial charge in [-0.1, -0.05) is 31.0 Å². The number of hydrogen-bond acceptors (Lipinski definition) is 6. The van der Waals surface area contributed by atoms with Crippen LogP contribution in [0.25, 0.3) is 11.1 Å². The first kappa shape index (κ1) is 35.2. The first-order chi connectivity index (χ1) is 22.6. The molecule has 1 aromatic heterocycles. The van der Waals surface area contributed by atoms with E-state index in [9.17, 15) is 41.0 Å². The van der Waals surface area contributed by atoms with E-state index in [2.05, 4.69) is 9.97 Å². The third-order valence-electron chi connectivity index (χ3n) is 8.60. The fourth-order valence-electron chi connectivity index (χ4n) is 6.05. The molecule has 0 aliphatic carbocycles. The molecule has 8 nitrogen and oxygen atoms in total. The van der Waals surface area contributed by atoms with E-state index in [1.165, 1.54) is 22.9 Å². The monoisotopic (exact) mass is 698 g/mol. The molecule has 0 bridgehead atoms. The molecule has 2 fully saturated rings. The van der Waals surface area contributed by atoms with Crippen molar-refractivity contribution in [1.29, 1.82) is 0 Å². The summed E-state index contributed by atoms with van der Waals surface area (Å²) in [5, 5.41) is 9.79. The standard InChI is InChI=1S/C33H33ClF6N4O4/c1-3-5-20(29(45)46)7-4-6-19-8-9-26(34)24(10-19)25-14-41-30(43-16-32(36,37)17-43)42-27(25)15-44-18(2)28(48-31(44)47)21-11-22(33(38,39)40)13-23(35)12-21/h8-14,18,20,28H,3-7,15-17H2,1-2H3,(H,45,46)/t18-,20+,28-/m0/s1. The molecule has 1 amide bonds. The molecule has 3 heterocycles. The topological polar surface area (TPSA) is 95.9 Å². The number of amides is 1. The molecule has 0 saturated carbocycles. The maximum Gasteiger partial charge on any atom is 0.416 e. The van der Waals surface area contributed by atoms with Crippen LogP contribution in [0.15, 0.2) is 42.6 Å². The van der Waals surface area contributed by atoms with Gasteiger partial charge >= 0.3 is 18.2 Å².